The van der Waals surface area contributed by atoms with Gasteiger partial charge in [-0.1, -0.05) is 15.9 Å². The lowest BCUT2D eigenvalue weighted by atomic mass is 10.0. The molecule has 12 heteroatoms. The van der Waals surface area contributed by atoms with E-state index in [0.717, 1.165) is 18.9 Å². The average molecular weight is 493 g/mol. The highest BCUT2D eigenvalue weighted by Gasteiger charge is 2.38. The van der Waals surface area contributed by atoms with Crippen LogP contribution in [0.5, 0.6) is 5.75 Å². The van der Waals surface area contributed by atoms with Gasteiger partial charge < -0.3 is 20.1 Å². The van der Waals surface area contributed by atoms with Crippen LogP contribution in [0, 0.1) is 11.7 Å². The number of nitrogens with zero attached hydrogens (tertiary/aromatic N) is 2. The van der Waals surface area contributed by atoms with Crippen LogP contribution in [0.2, 0.25) is 0 Å². The van der Waals surface area contributed by atoms with Gasteiger partial charge in [0, 0.05) is 24.2 Å². The molecule has 162 valence electrons. The molecule has 0 atom stereocenters. The molecule has 1 aliphatic heterocycles. The quantitative estimate of drug-likeness (QED) is 0.590. The number of aromatic nitrogens is 2. The molecule has 0 aliphatic carbocycles. The Morgan fingerprint density at radius 1 is 1.30 bits per heavy atom. The highest BCUT2D eigenvalue weighted by molar-refractivity contribution is 9.10. The van der Waals surface area contributed by atoms with Gasteiger partial charge in [-0.25, -0.2) is 19.2 Å². The van der Waals surface area contributed by atoms with Crippen molar-refractivity contribution < 1.29 is 31.8 Å². The second kappa shape index (κ2) is 9.56. The monoisotopic (exact) mass is 492 g/mol. The molecule has 1 aromatic heterocycles. The fourth-order valence-electron chi connectivity index (χ4n) is 2.73. The molecule has 0 unspecified atom stereocenters. The molecule has 1 amide bonds. The van der Waals surface area contributed by atoms with Crippen molar-refractivity contribution in [3.8, 4) is 5.75 Å². The van der Waals surface area contributed by atoms with Crippen LogP contribution < -0.4 is 15.4 Å². The van der Waals surface area contributed by atoms with Crippen LogP contribution in [0.25, 0.3) is 0 Å². The molecule has 1 aromatic carbocycles. The van der Waals surface area contributed by atoms with E-state index in [4.69, 9.17) is 9.47 Å². The number of hydrogen-bond donors (Lipinski definition) is 2. The van der Waals surface area contributed by atoms with Crippen molar-refractivity contribution in [3.05, 3.63) is 40.4 Å². The molecule has 3 rings (SSSR count). The van der Waals surface area contributed by atoms with Gasteiger partial charge in [-0.15, -0.1) is 0 Å². The van der Waals surface area contributed by atoms with E-state index < -0.39 is 35.5 Å². The van der Waals surface area contributed by atoms with Gasteiger partial charge in [0.1, 0.15) is 5.82 Å². The molecule has 0 radical (unpaired) electrons. The van der Waals surface area contributed by atoms with Crippen molar-refractivity contribution in [2.75, 3.05) is 25.1 Å². The number of halogens is 5. The standard InChI is InChI=1S/C18H17BrF4N4O3/c19-11-1-2-13(12(20)7-11)26-16-24-9-14(15(27-16)18(21,22)23)30-17(28)25-8-10-3-5-29-6-4-10/h1-2,7,9-10H,3-6,8H2,(H,25,28)(H,24,26,27). The number of carbonyl (C=O) groups is 1. The van der Waals surface area contributed by atoms with Gasteiger partial charge in [0.15, 0.2) is 11.4 Å². The Kier molecular flexibility index (Phi) is 7.08. The number of hydrogen-bond acceptors (Lipinski definition) is 6. The van der Waals surface area contributed by atoms with Crippen molar-refractivity contribution in [1.82, 2.24) is 15.3 Å². The fourth-order valence-corrected chi connectivity index (χ4v) is 3.07. The second-order valence-corrected chi connectivity index (χ2v) is 7.40. The minimum atomic E-state index is -4.92. The smallest absolute Gasteiger partial charge is 0.406 e. The number of benzene rings is 1. The zero-order valence-corrected chi connectivity index (χ0v) is 17.0. The summed E-state index contributed by atoms with van der Waals surface area (Å²) >= 11 is 3.08. The van der Waals surface area contributed by atoms with E-state index in [1.54, 1.807) is 0 Å². The molecule has 2 heterocycles. The second-order valence-electron chi connectivity index (χ2n) is 6.48. The summed E-state index contributed by atoms with van der Waals surface area (Å²) in [4.78, 5) is 19.0. The van der Waals surface area contributed by atoms with Crippen molar-refractivity contribution in [1.29, 1.82) is 0 Å². The first-order valence-corrected chi connectivity index (χ1v) is 9.71. The van der Waals surface area contributed by atoms with Gasteiger partial charge in [0.2, 0.25) is 5.95 Å². The van der Waals surface area contributed by atoms with Crippen molar-refractivity contribution in [3.63, 3.8) is 0 Å². The summed E-state index contributed by atoms with van der Waals surface area (Å²) in [5.41, 5.74) is -1.58. The predicted octanol–water partition coefficient (Wildman–Crippen LogP) is 4.66. The molecule has 1 saturated heterocycles. The third-order valence-corrected chi connectivity index (χ3v) is 4.77. The highest BCUT2D eigenvalue weighted by Crippen LogP contribution is 2.35. The third kappa shape index (κ3) is 6.02. The maximum atomic E-state index is 13.9. The van der Waals surface area contributed by atoms with E-state index in [1.165, 1.54) is 12.1 Å². The molecule has 0 spiro atoms. The lowest BCUT2D eigenvalue weighted by molar-refractivity contribution is -0.142. The normalized spacial score (nSPS) is 15.0. The van der Waals surface area contributed by atoms with Crippen LogP contribution in [0.4, 0.5) is 34.0 Å². The molecular formula is C18H17BrF4N4O3. The maximum absolute atomic E-state index is 13.9. The lowest BCUT2D eigenvalue weighted by Gasteiger charge is -2.22. The van der Waals surface area contributed by atoms with Gasteiger partial charge in [-0.05, 0) is 37.0 Å². The summed E-state index contributed by atoms with van der Waals surface area (Å²) in [5, 5.41) is 4.81. The molecule has 7 nitrogen and oxygen atoms in total. The Labute approximate surface area is 177 Å². The minimum absolute atomic E-state index is 0.116. The maximum Gasteiger partial charge on any atom is 0.437 e. The SMILES string of the molecule is O=C(NCC1CCOCC1)Oc1cnc(Nc2ccc(Br)cc2F)nc1C(F)(F)F. The van der Waals surface area contributed by atoms with Crippen molar-refractivity contribution in [2.45, 2.75) is 19.0 Å². The van der Waals surface area contributed by atoms with Crippen LogP contribution in [-0.2, 0) is 10.9 Å². The Morgan fingerprint density at radius 3 is 2.70 bits per heavy atom. The topological polar surface area (TPSA) is 85.4 Å². The number of anilines is 2. The van der Waals surface area contributed by atoms with E-state index in [1.807, 2.05) is 0 Å². The minimum Gasteiger partial charge on any atom is -0.406 e. The first-order chi connectivity index (χ1) is 14.2. The number of amides is 1. The van der Waals surface area contributed by atoms with Crippen molar-refractivity contribution >= 4 is 33.7 Å². The molecule has 2 N–H and O–H groups in total. The number of alkyl halides is 3. The number of ether oxygens (including phenoxy) is 2. The summed E-state index contributed by atoms with van der Waals surface area (Å²) in [6.45, 7) is 1.40. The molecule has 1 fully saturated rings. The van der Waals surface area contributed by atoms with E-state index in [-0.39, 0.29) is 18.2 Å². The van der Waals surface area contributed by atoms with Crippen molar-refractivity contribution in [2.24, 2.45) is 5.92 Å². The van der Waals surface area contributed by atoms with E-state index in [0.29, 0.717) is 23.9 Å². The van der Waals surface area contributed by atoms with E-state index in [9.17, 15) is 22.4 Å². The van der Waals surface area contributed by atoms with Crippen LogP contribution in [0.15, 0.2) is 28.9 Å². The van der Waals surface area contributed by atoms with Crippen LogP contribution >= 0.6 is 15.9 Å². The number of nitrogens with one attached hydrogen (secondary N) is 2. The van der Waals surface area contributed by atoms with Crippen LogP contribution in [0.3, 0.4) is 0 Å². The largest absolute Gasteiger partial charge is 0.437 e. The lowest BCUT2D eigenvalue weighted by Crippen LogP contribution is -2.34. The fraction of sp³-hybridized carbons (Fsp3) is 0.389. The number of rotatable bonds is 5. The molecule has 0 saturated carbocycles. The Morgan fingerprint density at radius 2 is 2.03 bits per heavy atom. The Bertz CT molecular complexity index is 907. The van der Waals surface area contributed by atoms with Gasteiger partial charge in [-0.3, -0.25) is 0 Å². The number of carbonyl (C=O) groups excluding carboxylic acids is 1. The summed E-state index contributed by atoms with van der Waals surface area (Å²) in [5.74, 6) is -1.90. The first-order valence-electron chi connectivity index (χ1n) is 8.92. The molecular weight excluding hydrogens is 476 g/mol. The average Bonchev–Trinajstić information content (AvgIpc) is 2.69. The third-order valence-electron chi connectivity index (χ3n) is 4.28. The van der Waals surface area contributed by atoms with E-state index >= 15 is 0 Å². The summed E-state index contributed by atoms with van der Waals surface area (Å²) in [6.07, 6.45) is -3.78. The first kappa shape index (κ1) is 22.2. The molecule has 30 heavy (non-hydrogen) atoms. The van der Waals surface area contributed by atoms with Gasteiger partial charge in [-0.2, -0.15) is 13.2 Å². The van der Waals surface area contributed by atoms with Crippen LogP contribution in [-0.4, -0.2) is 35.8 Å². The predicted molar refractivity (Wildman–Crippen MR) is 102 cm³/mol. The van der Waals surface area contributed by atoms with Gasteiger partial charge in [0.05, 0.1) is 11.9 Å². The zero-order chi connectivity index (χ0) is 21.7. The van der Waals surface area contributed by atoms with Gasteiger partial charge >= 0.3 is 12.3 Å². The molecule has 2 aromatic rings. The summed E-state index contributed by atoms with van der Waals surface area (Å²) < 4.78 is 64.5. The summed E-state index contributed by atoms with van der Waals surface area (Å²) in [6, 6.07) is 3.94. The summed E-state index contributed by atoms with van der Waals surface area (Å²) in [7, 11) is 0. The van der Waals surface area contributed by atoms with Gasteiger partial charge in [0.25, 0.3) is 0 Å². The highest BCUT2D eigenvalue weighted by atomic mass is 79.9. The Hall–Kier alpha value is -2.47. The van der Waals surface area contributed by atoms with Crippen LogP contribution in [0.1, 0.15) is 18.5 Å². The zero-order valence-electron chi connectivity index (χ0n) is 15.4. The molecule has 1 aliphatic rings. The van der Waals surface area contributed by atoms with E-state index in [2.05, 4.69) is 36.5 Å². The molecule has 0 bridgehead atoms. The Balaban J connectivity index is 1.71.